The lowest BCUT2D eigenvalue weighted by atomic mass is 10.1. The minimum absolute atomic E-state index is 0.00224. The van der Waals surface area contributed by atoms with Gasteiger partial charge in [0, 0.05) is 13.2 Å². The molecule has 2 aromatic carbocycles. The molecule has 0 amide bonds. The first-order valence-corrected chi connectivity index (χ1v) is 7.77. The quantitative estimate of drug-likeness (QED) is 0.577. The summed E-state index contributed by atoms with van der Waals surface area (Å²) in [7, 11) is 1.55. The fraction of sp³-hybridized carbons (Fsp3) is 0.167. The molecule has 0 fully saturated rings. The van der Waals surface area contributed by atoms with Crippen molar-refractivity contribution in [2.75, 3.05) is 20.3 Å². The van der Waals surface area contributed by atoms with E-state index in [0.717, 1.165) is 0 Å². The fourth-order valence-electron chi connectivity index (χ4n) is 2.25. The smallest absolute Gasteiger partial charge is 0.320 e. The Labute approximate surface area is 149 Å². The highest BCUT2D eigenvalue weighted by molar-refractivity contribution is 5.69. The maximum atomic E-state index is 10.1. The Bertz CT molecular complexity index is 917. The first-order chi connectivity index (χ1) is 12.6. The van der Waals surface area contributed by atoms with Crippen molar-refractivity contribution in [2.45, 2.75) is 0 Å². The number of para-hydroxylation sites is 1. The van der Waals surface area contributed by atoms with Crippen molar-refractivity contribution >= 4 is 0 Å². The Balaban J connectivity index is 2.10. The van der Waals surface area contributed by atoms with Crippen LogP contribution in [0.3, 0.4) is 0 Å². The van der Waals surface area contributed by atoms with Crippen LogP contribution in [0, 0.1) is 0 Å². The van der Waals surface area contributed by atoms with Gasteiger partial charge in [0.2, 0.25) is 0 Å². The molecule has 0 aliphatic rings. The monoisotopic (exact) mass is 355 g/mol. The van der Waals surface area contributed by atoms with Crippen LogP contribution in [0.15, 0.2) is 42.5 Å². The molecule has 8 nitrogen and oxygen atoms in total. The summed E-state index contributed by atoms with van der Waals surface area (Å²) in [6.07, 6.45) is 0. The zero-order chi connectivity index (χ0) is 18.5. The van der Waals surface area contributed by atoms with Crippen LogP contribution in [-0.4, -0.2) is 50.6 Å². The Morgan fingerprint density at radius 2 is 1.50 bits per heavy atom. The first kappa shape index (κ1) is 17.4. The molecule has 3 N–H and O–H groups in total. The number of hydrogen-bond acceptors (Lipinski definition) is 8. The number of phenolic OH excluding ortho intramolecular Hbond substituents is 3. The topological polar surface area (TPSA) is 118 Å². The summed E-state index contributed by atoms with van der Waals surface area (Å²) in [5.74, 6) is 0.0543. The molecular weight excluding hydrogens is 338 g/mol. The van der Waals surface area contributed by atoms with Gasteiger partial charge >= 0.3 is 6.01 Å². The zero-order valence-corrected chi connectivity index (χ0v) is 14.0. The van der Waals surface area contributed by atoms with Crippen LogP contribution in [0.5, 0.6) is 23.3 Å². The third kappa shape index (κ3) is 3.81. The summed E-state index contributed by atoms with van der Waals surface area (Å²) < 4.78 is 10.4. The summed E-state index contributed by atoms with van der Waals surface area (Å²) in [6.45, 7) is 0.569. The van der Waals surface area contributed by atoms with Crippen molar-refractivity contribution in [1.82, 2.24) is 15.0 Å². The number of aromatic hydroxyl groups is 3. The zero-order valence-electron chi connectivity index (χ0n) is 14.0. The van der Waals surface area contributed by atoms with Crippen LogP contribution in [0.2, 0.25) is 0 Å². The van der Waals surface area contributed by atoms with Gasteiger partial charge in [0.05, 0.1) is 17.7 Å². The largest absolute Gasteiger partial charge is 0.508 e. The lowest BCUT2D eigenvalue weighted by Gasteiger charge is -2.10. The van der Waals surface area contributed by atoms with Crippen LogP contribution < -0.4 is 4.74 Å². The van der Waals surface area contributed by atoms with E-state index in [4.69, 9.17) is 9.47 Å². The second-order valence-electron chi connectivity index (χ2n) is 5.33. The second kappa shape index (κ2) is 7.66. The molecule has 134 valence electrons. The summed E-state index contributed by atoms with van der Waals surface area (Å²) in [5.41, 5.74) is 0.685. The highest BCUT2D eigenvalue weighted by Gasteiger charge is 2.16. The van der Waals surface area contributed by atoms with Crippen LogP contribution in [0.4, 0.5) is 0 Å². The Hall–Kier alpha value is -3.39. The number of rotatable bonds is 6. The maximum absolute atomic E-state index is 10.1. The number of nitrogens with zero attached hydrogens (tertiary/aromatic N) is 3. The number of methoxy groups -OCH3 is 1. The average Bonchev–Trinajstić information content (AvgIpc) is 2.62. The minimum atomic E-state index is -0.192. The van der Waals surface area contributed by atoms with Gasteiger partial charge in [-0.25, -0.2) is 4.98 Å². The molecule has 0 saturated heterocycles. The molecule has 8 heteroatoms. The van der Waals surface area contributed by atoms with Crippen LogP contribution >= 0.6 is 0 Å². The molecule has 0 spiro atoms. The number of hydrogen-bond donors (Lipinski definition) is 3. The molecule has 0 aliphatic heterocycles. The van der Waals surface area contributed by atoms with Crippen molar-refractivity contribution in [3.8, 4) is 46.0 Å². The number of phenols is 3. The molecule has 3 aromatic rings. The van der Waals surface area contributed by atoms with Gasteiger partial charge in [0.1, 0.15) is 23.9 Å². The van der Waals surface area contributed by atoms with Crippen molar-refractivity contribution in [3.05, 3.63) is 42.5 Å². The maximum Gasteiger partial charge on any atom is 0.320 e. The predicted octanol–water partition coefficient (Wildman–Crippen LogP) is 2.35. The van der Waals surface area contributed by atoms with E-state index in [-0.39, 0.29) is 41.5 Å². The van der Waals surface area contributed by atoms with Gasteiger partial charge in [0.15, 0.2) is 11.6 Å². The van der Waals surface area contributed by atoms with Crippen molar-refractivity contribution < 1.29 is 24.8 Å². The van der Waals surface area contributed by atoms with E-state index in [0.29, 0.717) is 17.7 Å². The predicted molar refractivity (Wildman–Crippen MR) is 93.1 cm³/mol. The molecule has 1 heterocycles. The molecule has 0 atom stereocenters. The van der Waals surface area contributed by atoms with Crippen molar-refractivity contribution in [2.24, 2.45) is 0 Å². The molecule has 3 rings (SSSR count). The van der Waals surface area contributed by atoms with Crippen LogP contribution in [0.1, 0.15) is 0 Å². The molecule has 1 aromatic heterocycles. The third-order valence-electron chi connectivity index (χ3n) is 3.50. The van der Waals surface area contributed by atoms with Gasteiger partial charge < -0.3 is 24.8 Å². The Morgan fingerprint density at radius 3 is 2.15 bits per heavy atom. The summed E-state index contributed by atoms with van der Waals surface area (Å²) in [5, 5.41) is 29.6. The molecule has 0 aliphatic carbocycles. The lowest BCUT2D eigenvalue weighted by Crippen LogP contribution is -2.08. The van der Waals surface area contributed by atoms with E-state index in [2.05, 4.69) is 15.0 Å². The summed E-state index contributed by atoms with van der Waals surface area (Å²) in [6, 6.07) is 10.7. The molecule has 0 radical (unpaired) electrons. The highest BCUT2D eigenvalue weighted by atomic mass is 16.5. The first-order valence-electron chi connectivity index (χ1n) is 7.77. The SMILES string of the molecule is COCCOc1nc(-c2ccccc2O)nc(-c2ccc(O)cc2O)n1. The molecule has 0 bridgehead atoms. The van der Waals surface area contributed by atoms with Gasteiger partial charge in [0.25, 0.3) is 0 Å². The summed E-state index contributed by atoms with van der Waals surface area (Å²) in [4.78, 5) is 12.7. The molecule has 26 heavy (non-hydrogen) atoms. The number of aromatic nitrogens is 3. The Morgan fingerprint density at radius 1 is 0.808 bits per heavy atom. The summed E-state index contributed by atoms with van der Waals surface area (Å²) >= 11 is 0. The van der Waals surface area contributed by atoms with Gasteiger partial charge in [-0.2, -0.15) is 9.97 Å². The van der Waals surface area contributed by atoms with Gasteiger partial charge in [-0.1, -0.05) is 12.1 Å². The van der Waals surface area contributed by atoms with Crippen molar-refractivity contribution in [3.63, 3.8) is 0 Å². The average molecular weight is 355 g/mol. The molecular formula is C18H17N3O5. The Kier molecular flexibility index (Phi) is 5.14. The molecule has 0 saturated carbocycles. The van der Waals surface area contributed by atoms with Crippen LogP contribution in [0.25, 0.3) is 22.8 Å². The second-order valence-corrected chi connectivity index (χ2v) is 5.33. The minimum Gasteiger partial charge on any atom is -0.508 e. The number of benzene rings is 2. The number of ether oxygens (including phenoxy) is 2. The van der Waals surface area contributed by atoms with E-state index in [1.807, 2.05) is 0 Å². The molecule has 0 unspecified atom stereocenters. The van der Waals surface area contributed by atoms with E-state index < -0.39 is 0 Å². The normalized spacial score (nSPS) is 10.7. The lowest BCUT2D eigenvalue weighted by molar-refractivity contribution is 0.141. The van der Waals surface area contributed by atoms with E-state index in [9.17, 15) is 15.3 Å². The van der Waals surface area contributed by atoms with Crippen molar-refractivity contribution in [1.29, 1.82) is 0 Å². The van der Waals surface area contributed by atoms with Crippen LogP contribution in [-0.2, 0) is 4.74 Å². The van der Waals surface area contributed by atoms with E-state index in [1.165, 1.54) is 24.3 Å². The highest BCUT2D eigenvalue weighted by Crippen LogP contribution is 2.33. The fourth-order valence-corrected chi connectivity index (χ4v) is 2.25. The van der Waals surface area contributed by atoms with E-state index in [1.54, 1.807) is 25.3 Å². The third-order valence-corrected chi connectivity index (χ3v) is 3.50. The standard InChI is InChI=1S/C18H17N3O5/c1-25-8-9-26-18-20-16(12-4-2-3-5-14(12)23)19-17(21-18)13-7-6-11(22)10-15(13)24/h2-7,10,22-24H,8-9H2,1H3. The van der Waals surface area contributed by atoms with E-state index >= 15 is 0 Å². The van der Waals surface area contributed by atoms with Gasteiger partial charge in [-0.15, -0.1) is 0 Å². The van der Waals surface area contributed by atoms with Gasteiger partial charge in [-0.05, 0) is 24.3 Å². The van der Waals surface area contributed by atoms with Gasteiger partial charge in [-0.3, -0.25) is 0 Å².